The summed E-state index contributed by atoms with van der Waals surface area (Å²) in [5.41, 5.74) is 3.22. The number of nitrogens with one attached hydrogen (secondary N) is 1. The molecule has 2 aromatic carbocycles. The molecule has 0 unspecified atom stereocenters. The lowest BCUT2D eigenvalue weighted by Gasteiger charge is -2.06. The summed E-state index contributed by atoms with van der Waals surface area (Å²) in [5, 5.41) is 14.1. The quantitative estimate of drug-likeness (QED) is 0.750. The highest BCUT2D eigenvalue weighted by Gasteiger charge is 2.37. The number of benzene rings is 2. The standard InChI is InChI=1S/C19H19N5O/c25-19(20-12-16-11-18(16)15-4-2-1-3-5-15)10-14-6-8-17(9-7-14)24-13-21-22-23-24/h1-9,13,16,18H,10-12H2,(H,20,25)/t16-,18-/m0/s1. The second-order valence-corrected chi connectivity index (χ2v) is 6.41. The minimum atomic E-state index is 0.0638. The van der Waals surface area contributed by atoms with Crippen molar-refractivity contribution in [1.82, 2.24) is 25.5 Å². The maximum atomic E-state index is 12.2. The van der Waals surface area contributed by atoms with Gasteiger partial charge in [-0.15, -0.1) is 5.10 Å². The normalized spacial score (nSPS) is 18.7. The van der Waals surface area contributed by atoms with Crippen LogP contribution in [0.4, 0.5) is 0 Å². The van der Waals surface area contributed by atoms with E-state index in [-0.39, 0.29) is 5.91 Å². The maximum Gasteiger partial charge on any atom is 0.224 e. The Hall–Kier alpha value is -3.02. The average Bonchev–Trinajstić information content (AvgIpc) is 3.23. The van der Waals surface area contributed by atoms with Crippen LogP contribution in [0.15, 0.2) is 60.9 Å². The van der Waals surface area contributed by atoms with Gasteiger partial charge in [0.2, 0.25) is 5.91 Å². The summed E-state index contributed by atoms with van der Waals surface area (Å²) in [4.78, 5) is 12.2. The fourth-order valence-electron chi connectivity index (χ4n) is 3.12. The molecule has 6 heteroatoms. The number of tetrazole rings is 1. The predicted octanol–water partition coefficient (Wildman–Crippen LogP) is 2.12. The van der Waals surface area contributed by atoms with Gasteiger partial charge in [-0.05, 0) is 51.9 Å². The van der Waals surface area contributed by atoms with E-state index < -0.39 is 0 Å². The first-order valence-corrected chi connectivity index (χ1v) is 8.43. The number of hydrogen-bond donors (Lipinski definition) is 1. The minimum Gasteiger partial charge on any atom is -0.356 e. The molecule has 0 bridgehead atoms. The van der Waals surface area contributed by atoms with Gasteiger partial charge in [-0.3, -0.25) is 4.79 Å². The smallest absolute Gasteiger partial charge is 0.224 e. The molecule has 3 aromatic rings. The Labute approximate surface area is 145 Å². The maximum absolute atomic E-state index is 12.2. The number of carbonyl (C=O) groups excluding carboxylic acids is 1. The topological polar surface area (TPSA) is 72.7 Å². The van der Waals surface area contributed by atoms with Crippen molar-refractivity contribution >= 4 is 5.91 Å². The van der Waals surface area contributed by atoms with Crippen molar-refractivity contribution < 1.29 is 4.79 Å². The van der Waals surface area contributed by atoms with Crippen LogP contribution in [0, 0.1) is 5.92 Å². The molecule has 1 fully saturated rings. The highest BCUT2D eigenvalue weighted by Crippen LogP contribution is 2.46. The van der Waals surface area contributed by atoms with E-state index in [1.807, 2.05) is 30.3 Å². The van der Waals surface area contributed by atoms with Crippen LogP contribution in [0.2, 0.25) is 0 Å². The zero-order valence-electron chi connectivity index (χ0n) is 13.7. The van der Waals surface area contributed by atoms with Gasteiger partial charge in [0.15, 0.2) is 0 Å². The first kappa shape index (κ1) is 15.5. The van der Waals surface area contributed by atoms with Crippen molar-refractivity contribution in [3.05, 3.63) is 72.1 Å². The Bertz CT molecular complexity index is 830. The second-order valence-electron chi connectivity index (χ2n) is 6.41. The number of nitrogens with zero attached hydrogens (tertiary/aromatic N) is 4. The first-order valence-electron chi connectivity index (χ1n) is 8.43. The third kappa shape index (κ3) is 3.74. The summed E-state index contributed by atoms with van der Waals surface area (Å²) < 4.78 is 1.58. The second kappa shape index (κ2) is 6.84. The van der Waals surface area contributed by atoms with Crippen molar-refractivity contribution in [2.24, 2.45) is 5.92 Å². The number of hydrogen-bond acceptors (Lipinski definition) is 4. The van der Waals surface area contributed by atoms with Crippen LogP contribution in [0.1, 0.15) is 23.5 Å². The van der Waals surface area contributed by atoms with Gasteiger partial charge in [0.25, 0.3) is 0 Å². The van der Waals surface area contributed by atoms with E-state index >= 15 is 0 Å². The number of amides is 1. The SMILES string of the molecule is O=C(Cc1ccc(-n2cnnn2)cc1)NC[C@@H]1C[C@H]1c1ccccc1. The van der Waals surface area contributed by atoms with Crippen molar-refractivity contribution in [2.45, 2.75) is 18.8 Å². The van der Waals surface area contributed by atoms with Gasteiger partial charge in [0.05, 0.1) is 12.1 Å². The van der Waals surface area contributed by atoms with E-state index in [1.54, 1.807) is 11.0 Å². The summed E-state index contributed by atoms with van der Waals surface area (Å²) in [5.74, 6) is 1.22. The van der Waals surface area contributed by atoms with E-state index in [4.69, 9.17) is 0 Å². The van der Waals surface area contributed by atoms with Crippen LogP contribution in [-0.2, 0) is 11.2 Å². The molecule has 0 spiro atoms. The van der Waals surface area contributed by atoms with Crippen LogP contribution in [0.25, 0.3) is 5.69 Å². The van der Waals surface area contributed by atoms with Gasteiger partial charge in [-0.1, -0.05) is 42.5 Å². The molecule has 4 rings (SSSR count). The fraction of sp³-hybridized carbons (Fsp3) is 0.263. The molecule has 1 heterocycles. The first-order chi connectivity index (χ1) is 12.3. The fourth-order valence-corrected chi connectivity index (χ4v) is 3.12. The molecule has 6 nitrogen and oxygen atoms in total. The van der Waals surface area contributed by atoms with E-state index in [0.29, 0.717) is 18.3 Å². The Kier molecular flexibility index (Phi) is 4.24. The summed E-state index contributed by atoms with van der Waals surface area (Å²) in [6.45, 7) is 0.751. The van der Waals surface area contributed by atoms with Gasteiger partial charge in [0.1, 0.15) is 6.33 Å². The Balaban J connectivity index is 1.26. The molecular weight excluding hydrogens is 314 g/mol. The van der Waals surface area contributed by atoms with Gasteiger partial charge >= 0.3 is 0 Å². The van der Waals surface area contributed by atoms with Crippen molar-refractivity contribution in [1.29, 1.82) is 0 Å². The van der Waals surface area contributed by atoms with E-state index in [2.05, 4.69) is 45.1 Å². The zero-order chi connectivity index (χ0) is 17.1. The minimum absolute atomic E-state index is 0.0638. The van der Waals surface area contributed by atoms with Gasteiger partial charge in [-0.2, -0.15) is 0 Å². The molecule has 1 amide bonds. The largest absolute Gasteiger partial charge is 0.356 e. The molecule has 0 radical (unpaired) electrons. The van der Waals surface area contributed by atoms with Crippen LogP contribution in [0.3, 0.4) is 0 Å². The van der Waals surface area contributed by atoms with Crippen molar-refractivity contribution in [2.75, 3.05) is 6.54 Å². The van der Waals surface area contributed by atoms with E-state index in [0.717, 1.165) is 24.2 Å². The highest BCUT2D eigenvalue weighted by molar-refractivity contribution is 5.78. The Morgan fingerprint density at radius 2 is 1.92 bits per heavy atom. The van der Waals surface area contributed by atoms with Crippen molar-refractivity contribution in [3.63, 3.8) is 0 Å². The van der Waals surface area contributed by atoms with Gasteiger partial charge in [0, 0.05) is 6.54 Å². The number of rotatable bonds is 6. The summed E-state index contributed by atoms with van der Waals surface area (Å²) in [6, 6.07) is 18.2. The monoisotopic (exact) mass is 333 g/mol. The molecular formula is C19H19N5O. The number of carbonyl (C=O) groups is 1. The molecule has 1 N–H and O–H groups in total. The highest BCUT2D eigenvalue weighted by atomic mass is 16.1. The molecule has 2 atom stereocenters. The lowest BCUT2D eigenvalue weighted by molar-refractivity contribution is -0.120. The molecule has 126 valence electrons. The predicted molar refractivity (Wildman–Crippen MR) is 93.2 cm³/mol. The molecule has 1 aromatic heterocycles. The van der Waals surface area contributed by atoms with Crippen LogP contribution < -0.4 is 5.32 Å². The summed E-state index contributed by atoms with van der Waals surface area (Å²) in [6.07, 6.45) is 3.09. The van der Waals surface area contributed by atoms with Crippen LogP contribution in [0.5, 0.6) is 0 Å². The lowest BCUT2D eigenvalue weighted by atomic mass is 10.1. The zero-order valence-corrected chi connectivity index (χ0v) is 13.7. The van der Waals surface area contributed by atoms with Crippen LogP contribution >= 0.6 is 0 Å². The summed E-state index contributed by atoms with van der Waals surface area (Å²) in [7, 11) is 0. The Morgan fingerprint density at radius 3 is 2.64 bits per heavy atom. The van der Waals surface area contributed by atoms with Crippen molar-refractivity contribution in [3.8, 4) is 5.69 Å². The van der Waals surface area contributed by atoms with E-state index in [9.17, 15) is 4.79 Å². The van der Waals surface area contributed by atoms with Gasteiger partial charge in [-0.25, -0.2) is 4.68 Å². The molecule has 1 aliphatic carbocycles. The van der Waals surface area contributed by atoms with Gasteiger partial charge < -0.3 is 5.32 Å². The molecule has 25 heavy (non-hydrogen) atoms. The molecule has 0 saturated heterocycles. The third-order valence-corrected chi connectivity index (χ3v) is 4.63. The summed E-state index contributed by atoms with van der Waals surface area (Å²) >= 11 is 0. The lowest BCUT2D eigenvalue weighted by Crippen LogP contribution is -2.27. The molecule has 0 aliphatic heterocycles. The number of aromatic nitrogens is 4. The average molecular weight is 333 g/mol. The molecule has 1 aliphatic rings. The van der Waals surface area contributed by atoms with Crippen LogP contribution in [-0.4, -0.2) is 32.7 Å². The Morgan fingerprint density at radius 1 is 1.12 bits per heavy atom. The third-order valence-electron chi connectivity index (χ3n) is 4.63. The molecule has 1 saturated carbocycles. The van der Waals surface area contributed by atoms with E-state index in [1.165, 1.54) is 5.56 Å².